The quantitative estimate of drug-likeness (QED) is 0.648. The normalized spacial score (nSPS) is 11.0. The number of benzene rings is 3. The van der Waals surface area contributed by atoms with Crippen molar-refractivity contribution in [3.63, 3.8) is 0 Å². The summed E-state index contributed by atoms with van der Waals surface area (Å²) in [5.41, 5.74) is 2.20. The van der Waals surface area contributed by atoms with E-state index in [-0.39, 0.29) is 5.56 Å². The first-order valence-electron chi connectivity index (χ1n) is 6.79. The zero-order valence-electron chi connectivity index (χ0n) is 11.6. The summed E-state index contributed by atoms with van der Waals surface area (Å²) in [7, 11) is 0. The number of rotatable bonds is 3. The number of carboxylic acids is 1. The molecule has 22 heavy (non-hydrogen) atoms. The Morgan fingerprint density at radius 3 is 2.27 bits per heavy atom. The standard InChI is InChI=1S/C18H14O4/c19-17(20)12-6-7-15-13(8-12)9-14(18(21)22)10-16(15)11-4-2-1-3-5-11/h1-10,17,19-20H,(H,21,22). The Kier molecular flexibility index (Phi) is 3.63. The Morgan fingerprint density at radius 1 is 0.909 bits per heavy atom. The molecule has 0 atom stereocenters. The second-order valence-electron chi connectivity index (χ2n) is 5.05. The summed E-state index contributed by atoms with van der Waals surface area (Å²) in [5.74, 6) is -1.02. The molecule has 0 saturated carbocycles. The zero-order chi connectivity index (χ0) is 15.7. The molecule has 4 heteroatoms. The van der Waals surface area contributed by atoms with E-state index in [1.54, 1.807) is 24.3 Å². The molecule has 0 amide bonds. The average Bonchev–Trinajstić information content (AvgIpc) is 2.53. The van der Waals surface area contributed by atoms with Crippen LogP contribution < -0.4 is 0 Å². The number of carboxylic acid groups (broad SMARTS) is 1. The molecule has 0 bridgehead atoms. The van der Waals surface area contributed by atoms with Gasteiger partial charge in [-0.15, -0.1) is 0 Å². The van der Waals surface area contributed by atoms with Crippen LogP contribution >= 0.6 is 0 Å². The van der Waals surface area contributed by atoms with E-state index in [4.69, 9.17) is 0 Å². The Morgan fingerprint density at radius 2 is 1.64 bits per heavy atom. The van der Waals surface area contributed by atoms with Crippen LogP contribution in [0.25, 0.3) is 21.9 Å². The molecule has 0 aliphatic carbocycles. The van der Waals surface area contributed by atoms with E-state index < -0.39 is 12.3 Å². The van der Waals surface area contributed by atoms with Crippen molar-refractivity contribution in [2.75, 3.05) is 0 Å². The van der Waals surface area contributed by atoms with Crippen LogP contribution in [-0.2, 0) is 0 Å². The molecular formula is C18H14O4. The fourth-order valence-electron chi connectivity index (χ4n) is 2.53. The number of aliphatic hydroxyl groups excluding tert-OH is 1. The summed E-state index contributed by atoms with van der Waals surface area (Å²) >= 11 is 0. The molecule has 3 N–H and O–H groups in total. The van der Waals surface area contributed by atoms with E-state index in [0.29, 0.717) is 10.9 Å². The topological polar surface area (TPSA) is 77.8 Å². The van der Waals surface area contributed by atoms with Gasteiger partial charge in [-0.05, 0) is 40.1 Å². The van der Waals surface area contributed by atoms with Crippen LogP contribution in [0.1, 0.15) is 22.2 Å². The molecule has 0 unspecified atom stereocenters. The molecule has 0 saturated heterocycles. The smallest absolute Gasteiger partial charge is 0.335 e. The van der Waals surface area contributed by atoms with Crippen LogP contribution in [-0.4, -0.2) is 21.3 Å². The molecule has 0 aliphatic rings. The molecule has 0 spiro atoms. The zero-order valence-corrected chi connectivity index (χ0v) is 11.6. The van der Waals surface area contributed by atoms with Gasteiger partial charge in [0.25, 0.3) is 0 Å². The third-order valence-electron chi connectivity index (χ3n) is 3.61. The van der Waals surface area contributed by atoms with Crippen LogP contribution in [0, 0.1) is 0 Å². The van der Waals surface area contributed by atoms with E-state index in [1.807, 2.05) is 30.3 Å². The van der Waals surface area contributed by atoms with Crippen molar-refractivity contribution in [3.05, 3.63) is 71.8 Å². The molecule has 0 aromatic heterocycles. The van der Waals surface area contributed by atoms with Gasteiger partial charge in [0.15, 0.2) is 6.29 Å². The van der Waals surface area contributed by atoms with Crippen molar-refractivity contribution in [2.24, 2.45) is 0 Å². The lowest BCUT2D eigenvalue weighted by Gasteiger charge is -2.11. The first-order valence-corrected chi connectivity index (χ1v) is 6.79. The first kappa shape index (κ1) is 14.3. The summed E-state index contributed by atoms with van der Waals surface area (Å²) in [6.45, 7) is 0. The van der Waals surface area contributed by atoms with E-state index >= 15 is 0 Å². The maximum absolute atomic E-state index is 11.3. The Bertz CT molecular complexity index is 838. The maximum Gasteiger partial charge on any atom is 0.335 e. The van der Waals surface area contributed by atoms with Crippen molar-refractivity contribution in [1.82, 2.24) is 0 Å². The number of hydrogen-bond donors (Lipinski definition) is 3. The molecule has 0 heterocycles. The number of aliphatic hydroxyl groups is 2. The van der Waals surface area contributed by atoms with Crippen molar-refractivity contribution in [3.8, 4) is 11.1 Å². The largest absolute Gasteiger partial charge is 0.478 e. The van der Waals surface area contributed by atoms with E-state index in [0.717, 1.165) is 16.5 Å². The SMILES string of the molecule is O=C(O)c1cc(-c2ccccc2)c2ccc(C(O)O)cc2c1. The lowest BCUT2D eigenvalue weighted by molar-refractivity contribution is -0.0423. The molecule has 3 rings (SSSR count). The van der Waals surface area contributed by atoms with Gasteiger partial charge in [-0.3, -0.25) is 0 Å². The van der Waals surface area contributed by atoms with Crippen molar-refractivity contribution >= 4 is 16.7 Å². The minimum absolute atomic E-state index is 0.163. The van der Waals surface area contributed by atoms with Gasteiger partial charge in [-0.2, -0.15) is 0 Å². The number of carbonyl (C=O) groups is 1. The van der Waals surface area contributed by atoms with Gasteiger partial charge in [-0.25, -0.2) is 4.79 Å². The van der Waals surface area contributed by atoms with Crippen molar-refractivity contribution < 1.29 is 20.1 Å². The summed E-state index contributed by atoms with van der Waals surface area (Å²) in [4.78, 5) is 11.3. The lowest BCUT2D eigenvalue weighted by atomic mass is 9.94. The Hall–Kier alpha value is -2.69. The van der Waals surface area contributed by atoms with E-state index in [1.165, 1.54) is 6.07 Å². The molecule has 0 radical (unpaired) electrons. The van der Waals surface area contributed by atoms with E-state index in [2.05, 4.69) is 0 Å². The van der Waals surface area contributed by atoms with Gasteiger partial charge in [0.2, 0.25) is 0 Å². The monoisotopic (exact) mass is 294 g/mol. The third kappa shape index (κ3) is 2.57. The Labute approximate surface area is 126 Å². The van der Waals surface area contributed by atoms with Gasteiger partial charge >= 0.3 is 5.97 Å². The molecule has 0 aliphatic heterocycles. The number of fused-ring (bicyclic) bond motifs is 1. The van der Waals surface area contributed by atoms with Crippen LogP contribution in [0.4, 0.5) is 0 Å². The third-order valence-corrected chi connectivity index (χ3v) is 3.61. The Balaban J connectivity index is 2.32. The second-order valence-corrected chi connectivity index (χ2v) is 5.05. The summed E-state index contributed by atoms with van der Waals surface area (Å²) in [6, 6.07) is 17.7. The van der Waals surface area contributed by atoms with Gasteiger partial charge in [-0.1, -0.05) is 42.5 Å². The predicted octanol–water partition coefficient (Wildman–Crippen LogP) is 3.19. The number of hydrogen-bond acceptors (Lipinski definition) is 3. The molecule has 0 fully saturated rings. The van der Waals surface area contributed by atoms with Crippen LogP contribution in [0.15, 0.2) is 60.7 Å². The fourth-order valence-corrected chi connectivity index (χ4v) is 2.53. The highest BCUT2D eigenvalue weighted by Gasteiger charge is 2.12. The van der Waals surface area contributed by atoms with E-state index in [9.17, 15) is 20.1 Å². The van der Waals surface area contributed by atoms with Gasteiger partial charge < -0.3 is 15.3 Å². The number of aromatic carboxylic acids is 1. The highest BCUT2D eigenvalue weighted by molar-refractivity contribution is 6.02. The van der Waals surface area contributed by atoms with Crippen LogP contribution in [0.3, 0.4) is 0 Å². The highest BCUT2D eigenvalue weighted by atomic mass is 16.5. The van der Waals surface area contributed by atoms with Gasteiger partial charge in [0.1, 0.15) is 0 Å². The average molecular weight is 294 g/mol. The fraction of sp³-hybridized carbons (Fsp3) is 0.0556. The minimum Gasteiger partial charge on any atom is -0.478 e. The summed E-state index contributed by atoms with van der Waals surface area (Å²) < 4.78 is 0. The molecule has 3 aromatic carbocycles. The highest BCUT2D eigenvalue weighted by Crippen LogP contribution is 2.31. The lowest BCUT2D eigenvalue weighted by Crippen LogP contribution is -1.99. The van der Waals surface area contributed by atoms with Crippen molar-refractivity contribution in [2.45, 2.75) is 6.29 Å². The summed E-state index contributed by atoms with van der Waals surface area (Å²) in [6.07, 6.45) is -1.59. The second kappa shape index (κ2) is 5.60. The predicted molar refractivity (Wildman–Crippen MR) is 83.5 cm³/mol. The van der Waals surface area contributed by atoms with Crippen molar-refractivity contribution in [1.29, 1.82) is 0 Å². The van der Waals surface area contributed by atoms with Gasteiger partial charge in [0.05, 0.1) is 5.56 Å². The van der Waals surface area contributed by atoms with Crippen LogP contribution in [0.2, 0.25) is 0 Å². The molecular weight excluding hydrogens is 280 g/mol. The summed E-state index contributed by atoms with van der Waals surface area (Å²) in [5, 5.41) is 29.4. The van der Waals surface area contributed by atoms with Gasteiger partial charge in [0, 0.05) is 5.56 Å². The minimum atomic E-state index is -1.59. The molecule has 3 aromatic rings. The first-order chi connectivity index (χ1) is 10.6. The molecule has 110 valence electrons. The van der Waals surface area contributed by atoms with Crippen LogP contribution in [0.5, 0.6) is 0 Å². The maximum atomic E-state index is 11.3. The molecule has 4 nitrogen and oxygen atoms in total.